The SMILES string of the molecule is CC(C)CC(c1ccc(OC(OC23CC4CC5CC(C2)C543)C2CCCc3ccccc32)cc1)C(C)C. The zero-order valence-electron chi connectivity index (χ0n) is 22.7. The third kappa shape index (κ3) is 3.19. The molecule has 2 heteroatoms. The second-order valence-corrected chi connectivity index (χ2v) is 13.7. The number of fused-ring (bicyclic) bond motifs is 1. The van der Waals surface area contributed by atoms with Crippen molar-refractivity contribution >= 4 is 0 Å². The van der Waals surface area contributed by atoms with Crippen molar-refractivity contribution < 1.29 is 9.47 Å². The molecule has 0 N–H and O–H groups in total. The molecule has 192 valence electrons. The van der Waals surface area contributed by atoms with Crippen LogP contribution in [0, 0.1) is 35.0 Å². The van der Waals surface area contributed by atoms with Crippen molar-refractivity contribution in [3.8, 4) is 5.75 Å². The Hall–Kier alpha value is -1.80. The molecule has 0 amide bonds. The van der Waals surface area contributed by atoms with Gasteiger partial charge in [-0.05, 0) is 116 Å². The van der Waals surface area contributed by atoms with Crippen molar-refractivity contribution in [1.82, 2.24) is 0 Å². The molecule has 36 heavy (non-hydrogen) atoms. The van der Waals surface area contributed by atoms with Gasteiger partial charge in [0.1, 0.15) is 5.75 Å². The maximum atomic E-state index is 7.25. The molecule has 0 radical (unpaired) electrons. The first-order valence-corrected chi connectivity index (χ1v) is 14.9. The molecule has 0 aromatic heterocycles. The van der Waals surface area contributed by atoms with E-state index in [4.69, 9.17) is 9.47 Å². The summed E-state index contributed by atoms with van der Waals surface area (Å²) in [6.07, 6.45) is 10.1. The molecule has 5 aliphatic rings. The normalized spacial score (nSPS) is 36.8. The van der Waals surface area contributed by atoms with Crippen LogP contribution in [0.3, 0.4) is 0 Å². The Morgan fingerprint density at radius 1 is 0.889 bits per heavy atom. The van der Waals surface area contributed by atoms with Crippen LogP contribution in [0.4, 0.5) is 0 Å². The van der Waals surface area contributed by atoms with Gasteiger partial charge in [0, 0.05) is 11.3 Å². The van der Waals surface area contributed by atoms with Gasteiger partial charge in [-0.15, -0.1) is 0 Å². The molecular formula is C34H44O2. The molecule has 0 aliphatic heterocycles. The zero-order chi connectivity index (χ0) is 24.7. The Morgan fingerprint density at radius 3 is 2.25 bits per heavy atom. The van der Waals surface area contributed by atoms with Crippen LogP contribution < -0.4 is 4.74 Å². The van der Waals surface area contributed by atoms with Crippen LogP contribution in [0.1, 0.15) is 101 Å². The molecule has 0 heterocycles. The fraction of sp³-hybridized carbons (Fsp3) is 0.647. The second-order valence-electron chi connectivity index (χ2n) is 13.7. The molecule has 7 rings (SSSR count). The van der Waals surface area contributed by atoms with E-state index in [0.717, 1.165) is 29.9 Å². The molecule has 0 bridgehead atoms. The van der Waals surface area contributed by atoms with Crippen LogP contribution in [-0.2, 0) is 11.2 Å². The van der Waals surface area contributed by atoms with Gasteiger partial charge in [0.15, 0.2) is 0 Å². The molecular weight excluding hydrogens is 440 g/mol. The van der Waals surface area contributed by atoms with Crippen LogP contribution in [0.25, 0.3) is 0 Å². The van der Waals surface area contributed by atoms with E-state index >= 15 is 0 Å². The predicted octanol–water partition coefficient (Wildman–Crippen LogP) is 8.50. The highest BCUT2D eigenvalue weighted by molar-refractivity contribution is 5.39. The monoisotopic (exact) mass is 484 g/mol. The van der Waals surface area contributed by atoms with Crippen LogP contribution in [0.2, 0.25) is 0 Å². The minimum absolute atomic E-state index is 0.112. The number of benzene rings is 2. The quantitative estimate of drug-likeness (QED) is 0.332. The highest BCUT2D eigenvalue weighted by atomic mass is 16.7. The summed E-state index contributed by atoms with van der Waals surface area (Å²) in [6, 6.07) is 18.1. The molecule has 0 saturated heterocycles. The molecule has 2 aromatic carbocycles. The van der Waals surface area contributed by atoms with Crippen LogP contribution >= 0.6 is 0 Å². The lowest BCUT2D eigenvalue weighted by molar-refractivity contribution is -0.476. The topological polar surface area (TPSA) is 18.5 Å². The number of hydrogen-bond acceptors (Lipinski definition) is 2. The predicted molar refractivity (Wildman–Crippen MR) is 145 cm³/mol. The van der Waals surface area contributed by atoms with Crippen molar-refractivity contribution in [3.63, 3.8) is 0 Å². The molecule has 2 nitrogen and oxygen atoms in total. The van der Waals surface area contributed by atoms with Crippen LogP contribution in [-0.4, -0.2) is 11.9 Å². The summed E-state index contributed by atoms with van der Waals surface area (Å²) in [4.78, 5) is 0. The summed E-state index contributed by atoms with van der Waals surface area (Å²) in [7, 11) is 0. The van der Waals surface area contributed by atoms with E-state index in [-0.39, 0.29) is 11.9 Å². The first-order valence-electron chi connectivity index (χ1n) is 14.9. The molecule has 5 atom stereocenters. The molecule has 5 aliphatic carbocycles. The number of hydrogen-bond donors (Lipinski definition) is 0. The van der Waals surface area contributed by atoms with Crippen LogP contribution in [0.15, 0.2) is 48.5 Å². The Bertz CT molecular complexity index is 1090. The Kier molecular flexibility index (Phi) is 5.41. The van der Waals surface area contributed by atoms with Gasteiger partial charge >= 0.3 is 0 Å². The van der Waals surface area contributed by atoms with Gasteiger partial charge in [-0.25, -0.2) is 0 Å². The Balaban J connectivity index is 1.16. The van der Waals surface area contributed by atoms with Crippen molar-refractivity contribution in [2.45, 2.75) is 103 Å². The van der Waals surface area contributed by atoms with E-state index in [9.17, 15) is 0 Å². The summed E-state index contributed by atoms with van der Waals surface area (Å²) < 4.78 is 14.1. The summed E-state index contributed by atoms with van der Waals surface area (Å²) in [5.74, 6) is 6.08. The highest BCUT2D eigenvalue weighted by Gasteiger charge is 2.89. The van der Waals surface area contributed by atoms with Gasteiger partial charge in [-0.3, -0.25) is 0 Å². The summed E-state index contributed by atoms with van der Waals surface area (Å²) in [5, 5.41) is 0. The first kappa shape index (κ1) is 23.3. The lowest BCUT2D eigenvalue weighted by atomic mass is 9.16. The number of ether oxygens (including phenoxy) is 2. The van der Waals surface area contributed by atoms with Crippen molar-refractivity contribution in [3.05, 3.63) is 65.2 Å². The second kappa shape index (κ2) is 8.35. The fourth-order valence-corrected chi connectivity index (χ4v) is 9.75. The van der Waals surface area contributed by atoms with Crippen molar-refractivity contribution in [2.24, 2.45) is 35.0 Å². The Morgan fingerprint density at radius 2 is 1.61 bits per heavy atom. The van der Waals surface area contributed by atoms with Gasteiger partial charge in [-0.1, -0.05) is 64.1 Å². The lowest BCUT2D eigenvalue weighted by Gasteiger charge is -2.90. The summed E-state index contributed by atoms with van der Waals surface area (Å²) >= 11 is 0. The average Bonchev–Trinajstić information content (AvgIpc) is 2.82. The number of rotatable bonds is 9. The highest BCUT2D eigenvalue weighted by Crippen LogP contribution is 2.90. The maximum Gasteiger partial charge on any atom is 0.207 e. The van der Waals surface area contributed by atoms with Crippen LogP contribution in [0.5, 0.6) is 5.75 Å². The summed E-state index contributed by atoms with van der Waals surface area (Å²) in [6.45, 7) is 9.38. The van der Waals surface area contributed by atoms with Gasteiger partial charge < -0.3 is 9.47 Å². The summed E-state index contributed by atoms with van der Waals surface area (Å²) in [5.41, 5.74) is 5.06. The van der Waals surface area contributed by atoms with E-state index in [1.807, 2.05) is 0 Å². The van der Waals surface area contributed by atoms with Crippen molar-refractivity contribution in [2.75, 3.05) is 0 Å². The smallest absolute Gasteiger partial charge is 0.207 e. The van der Waals surface area contributed by atoms with E-state index in [0.29, 0.717) is 29.1 Å². The van der Waals surface area contributed by atoms with E-state index in [1.165, 1.54) is 61.6 Å². The minimum Gasteiger partial charge on any atom is -0.464 e. The Labute approximate surface area is 218 Å². The van der Waals surface area contributed by atoms with E-state index in [1.54, 1.807) is 0 Å². The standard InChI is InChI=1S/C34H44O2/c1-21(2)16-31(22(3)4)24-12-14-28(15-13-24)35-32(30-11-7-9-23-8-5-6-10-29(23)30)36-33-19-26-17-25-18-27(20-33)34(25,26)33/h5-6,8,10,12-15,21-22,25-27,30-32H,7,9,11,16-20H2,1-4H3. The maximum absolute atomic E-state index is 7.25. The molecule has 4 fully saturated rings. The average molecular weight is 485 g/mol. The fourth-order valence-electron chi connectivity index (χ4n) is 9.75. The minimum atomic E-state index is -0.188. The molecule has 2 aromatic rings. The lowest BCUT2D eigenvalue weighted by Crippen LogP contribution is -2.90. The van der Waals surface area contributed by atoms with Gasteiger partial charge in [0.05, 0.1) is 5.60 Å². The van der Waals surface area contributed by atoms with Gasteiger partial charge in [0.25, 0.3) is 0 Å². The number of aryl methyl sites for hydroxylation is 1. The third-order valence-electron chi connectivity index (χ3n) is 11.3. The first-order chi connectivity index (χ1) is 17.4. The van der Waals surface area contributed by atoms with E-state index in [2.05, 4.69) is 76.2 Å². The van der Waals surface area contributed by atoms with E-state index < -0.39 is 0 Å². The van der Waals surface area contributed by atoms with Gasteiger partial charge in [0.2, 0.25) is 6.29 Å². The largest absolute Gasteiger partial charge is 0.464 e. The van der Waals surface area contributed by atoms with Gasteiger partial charge in [-0.2, -0.15) is 0 Å². The van der Waals surface area contributed by atoms with Crippen molar-refractivity contribution in [1.29, 1.82) is 0 Å². The molecule has 4 saturated carbocycles. The molecule has 1 spiro atoms. The third-order valence-corrected chi connectivity index (χ3v) is 11.3. The molecule has 5 unspecified atom stereocenters. The zero-order valence-corrected chi connectivity index (χ0v) is 22.7.